The van der Waals surface area contributed by atoms with E-state index in [-0.39, 0.29) is 10.8 Å². The molecule has 39 heavy (non-hydrogen) atoms. The van der Waals surface area contributed by atoms with Crippen LogP contribution < -0.4 is 0 Å². The van der Waals surface area contributed by atoms with Crippen LogP contribution in [0.15, 0.2) is 78.9 Å². The Bertz CT molecular complexity index is 1210. The van der Waals surface area contributed by atoms with Crippen molar-refractivity contribution < 1.29 is 24.2 Å². The molecular formula is C38H47Zr-3. The summed E-state index contributed by atoms with van der Waals surface area (Å²) in [4.78, 5) is 0. The van der Waals surface area contributed by atoms with Crippen LogP contribution in [0.5, 0.6) is 0 Å². The van der Waals surface area contributed by atoms with Gasteiger partial charge in [-0.25, -0.2) is 12.1 Å². The van der Waals surface area contributed by atoms with Crippen molar-refractivity contribution >= 4 is 4.21 Å². The van der Waals surface area contributed by atoms with Gasteiger partial charge in [0.15, 0.2) is 0 Å². The molecule has 0 atom stereocenters. The summed E-state index contributed by atoms with van der Waals surface area (Å²) in [5.41, 5.74) is 12.9. The van der Waals surface area contributed by atoms with Crippen LogP contribution >= 0.6 is 0 Å². The zero-order chi connectivity index (χ0) is 29.4. The number of benzene rings is 3. The van der Waals surface area contributed by atoms with Gasteiger partial charge in [-0.2, -0.15) is 59.5 Å². The first-order valence-electron chi connectivity index (χ1n) is 13.9. The molecule has 0 amide bonds. The Balaban J connectivity index is 0.000000272. The van der Waals surface area contributed by atoms with Crippen molar-refractivity contribution in [3.05, 3.63) is 130 Å². The summed E-state index contributed by atoms with van der Waals surface area (Å²) in [6, 6.07) is 31.3. The largest absolute Gasteiger partial charge is 0.214 e. The second kappa shape index (κ2) is 14.3. The molecule has 4 aromatic carbocycles. The second-order valence-electron chi connectivity index (χ2n) is 12.5. The third-order valence-corrected chi connectivity index (χ3v) is 6.99. The van der Waals surface area contributed by atoms with Gasteiger partial charge in [-0.1, -0.05) is 91.5 Å². The quantitative estimate of drug-likeness (QED) is 0.169. The molecule has 0 unspecified atom stereocenters. The minimum Gasteiger partial charge on any atom is -0.214 e. The van der Waals surface area contributed by atoms with Gasteiger partial charge < -0.3 is 0 Å². The molecule has 4 aromatic rings. The number of hydrogen-bond acceptors (Lipinski definition) is 0. The van der Waals surface area contributed by atoms with Crippen LogP contribution in [0.3, 0.4) is 0 Å². The molecule has 0 spiro atoms. The first-order valence-corrected chi connectivity index (χ1v) is 15.6. The van der Waals surface area contributed by atoms with Crippen LogP contribution in [-0.2, 0) is 41.5 Å². The topological polar surface area (TPSA) is 0 Å². The van der Waals surface area contributed by atoms with E-state index in [0.29, 0.717) is 0 Å². The molecule has 0 aliphatic heterocycles. The number of rotatable bonds is 1. The first-order chi connectivity index (χ1) is 18.3. The summed E-state index contributed by atoms with van der Waals surface area (Å²) in [6.07, 6.45) is 1.03. The van der Waals surface area contributed by atoms with Crippen LogP contribution in [0.4, 0.5) is 0 Å². The third-order valence-electron chi connectivity index (χ3n) is 6.99. The van der Waals surface area contributed by atoms with Gasteiger partial charge >= 0.3 is 28.4 Å². The standard InChI is InChI=1S/C23H29.C9H11.C5H5.CH2.Zr/c1-14-9-16-11-17-10-15(2)21(23(6,7)8)13-19(17)18(16)12-20(14)22(3,4)5;1-8(2)9-6-4-3-5-7-9;1-2-4-5-3-1;;/h9,12-13H,11H2,1-8H3;3-7H,1-2H3;1-5H;1H2;/q3*-1;;. The van der Waals surface area contributed by atoms with E-state index >= 15 is 0 Å². The molecule has 0 fully saturated rings. The Labute approximate surface area is 254 Å². The van der Waals surface area contributed by atoms with Crippen molar-refractivity contribution in [2.45, 2.75) is 86.5 Å². The molecule has 0 bridgehead atoms. The summed E-state index contributed by atoms with van der Waals surface area (Å²) >= 11 is 1.30. The van der Waals surface area contributed by atoms with Crippen molar-refractivity contribution in [1.82, 2.24) is 0 Å². The molecule has 1 aliphatic rings. The zero-order valence-electron chi connectivity index (χ0n) is 25.9. The molecule has 0 nitrogen and oxygen atoms in total. The molecule has 0 saturated carbocycles. The van der Waals surface area contributed by atoms with E-state index in [2.05, 4.69) is 122 Å². The van der Waals surface area contributed by atoms with E-state index in [1.807, 2.05) is 36.4 Å². The smallest absolute Gasteiger partial charge is 0.172 e. The maximum atomic E-state index is 3.69. The van der Waals surface area contributed by atoms with Crippen molar-refractivity contribution in [3.63, 3.8) is 0 Å². The first kappa shape index (κ1) is 32.8. The van der Waals surface area contributed by atoms with Gasteiger partial charge in [-0.15, -0.1) is 28.8 Å². The van der Waals surface area contributed by atoms with Gasteiger partial charge in [-0.3, -0.25) is 0 Å². The van der Waals surface area contributed by atoms with E-state index in [0.717, 1.165) is 6.42 Å². The Morgan fingerprint density at radius 3 is 1.74 bits per heavy atom. The Morgan fingerprint density at radius 2 is 1.31 bits per heavy atom. The molecule has 0 N–H and O–H groups in total. The fourth-order valence-corrected chi connectivity index (χ4v) is 5.11. The number of fused-ring (bicyclic) bond motifs is 3. The normalized spacial score (nSPS) is 11.4. The molecule has 0 heterocycles. The summed E-state index contributed by atoms with van der Waals surface area (Å²) in [5, 5.41) is 0. The maximum Gasteiger partial charge on any atom is -0.172 e. The van der Waals surface area contributed by atoms with Crippen molar-refractivity contribution in [1.29, 1.82) is 0 Å². The van der Waals surface area contributed by atoms with E-state index in [4.69, 9.17) is 0 Å². The van der Waals surface area contributed by atoms with Gasteiger partial charge in [0.2, 0.25) is 0 Å². The van der Waals surface area contributed by atoms with Gasteiger partial charge in [-0.05, 0) is 35.4 Å². The fraction of sp³-hybridized carbons (Fsp3) is 0.342. The van der Waals surface area contributed by atoms with Crippen LogP contribution in [0, 0.1) is 25.8 Å². The summed E-state index contributed by atoms with van der Waals surface area (Å²) < 4.78 is 3.34. The Kier molecular flexibility index (Phi) is 12.1. The SMILES string of the molecule is C[C-](C)c1ccccc1.Cc1[c-]c2c(cc1C(C)(C)C)-c1cc(C(C)(C)C)c(C)cc1C2.[CH2]=[Zr].c1cc[cH-]c1. The molecule has 5 rings (SSSR count). The van der Waals surface area contributed by atoms with Crippen LogP contribution in [0.25, 0.3) is 11.1 Å². The minimum absolute atomic E-state index is 0.163. The maximum absolute atomic E-state index is 3.69. The monoisotopic (exact) mass is 593 g/mol. The van der Waals surface area contributed by atoms with Crippen molar-refractivity contribution in [2.75, 3.05) is 0 Å². The van der Waals surface area contributed by atoms with Gasteiger partial charge in [0.25, 0.3) is 0 Å². The number of hydrogen-bond donors (Lipinski definition) is 0. The van der Waals surface area contributed by atoms with Crippen LogP contribution in [-0.4, -0.2) is 4.21 Å². The van der Waals surface area contributed by atoms with Gasteiger partial charge in [0.05, 0.1) is 0 Å². The van der Waals surface area contributed by atoms with Crippen LogP contribution in [0.1, 0.15) is 94.3 Å². The molecule has 1 heteroatoms. The van der Waals surface area contributed by atoms with Crippen LogP contribution in [0.2, 0.25) is 0 Å². The molecule has 206 valence electrons. The molecule has 0 aromatic heterocycles. The second-order valence-corrected chi connectivity index (χ2v) is 12.5. The van der Waals surface area contributed by atoms with Crippen molar-refractivity contribution in [2.24, 2.45) is 0 Å². The predicted molar refractivity (Wildman–Crippen MR) is 170 cm³/mol. The average molecular weight is 595 g/mol. The molecule has 0 radical (unpaired) electrons. The summed E-state index contributed by atoms with van der Waals surface area (Å²) in [7, 11) is 0. The van der Waals surface area contributed by atoms with Crippen molar-refractivity contribution in [3.8, 4) is 11.1 Å². The van der Waals surface area contributed by atoms with Gasteiger partial charge in [0, 0.05) is 0 Å². The summed E-state index contributed by atoms with van der Waals surface area (Å²) in [6.45, 7) is 22.5. The van der Waals surface area contributed by atoms with Gasteiger partial charge in [0.1, 0.15) is 0 Å². The average Bonchev–Trinajstić information content (AvgIpc) is 3.55. The zero-order valence-corrected chi connectivity index (χ0v) is 28.4. The Hall–Kier alpha value is -2.37. The third kappa shape index (κ3) is 9.08. The summed E-state index contributed by atoms with van der Waals surface area (Å²) in [5.74, 6) is 1.37. The fourth-order valence-electron chi connectivity index (χ4n) is 5.11. The molecule has 1 aliphatic carbocycles. The molecule has 0 saturated heterocycles. The molecular weight excluding hydrogens is 548 g/mol. The minimum atomic E-state index is 0.163. The number of aryl methyl sites for hydroxylation is 2. The van der Waals surface area contributed by atoms with E-state index < -0.39 is 0 Å². The van der Waals surface area contributed by atoms with E-state index in [1.165, 1.54) is 80.2 Å². The Morgan fingerprint density at radius 1 is 0.769 bits per heavy atom. The predicted octanol–water partition coefficient (Wildman–Crippen LogP) is 10.3. The van der Waals surface area contributed by atoms with E-state index in [9.17, 15) is 0 Å². The van der Waals surface area contributed by atoms with E-state index in [1.54, 1.807) is 0 Å².